The van der Waals surface area contributed by atoms with Crippen molar-refractivity contribution in [3.05, 3.63) is 0 Å². The van der Waals surface area contributed by atoms with E-state index in [9.17, 15) is 5.11 Å². The minimum atomic E-state index is 0.00743. The third-order valence-electron chi connectivity index (χ3n) is 5.77. The highest BCUT2D eigenvalue weighted by Crippen LogP contribution is 2.35. The van der Waals surface area contributed by atoms with Gasteiger partial charge in [0.15, 0.2) is 0 Å². The second-order valence-electron chi connectivity index (χ2n) is 7.09. The Kier molecular flexibility index (Phi) is 4.65. The van der Waals surface area contributed by atoms with Crippen LogP contribution in [0.5, 0.6) is 0 Å². The highest BCUT2D eigenvalue weighted by atomic mass is 16.3. The molecule has 3 fully saturated rings. The fourth-order valence-electron chi connectivity index (χ4n) is 4.51. The van der Waals surface area contributed by atoms with E-state index in [0.29, 0.717) is 12.6 Å². The summed E-state index contributed by atoms with van der Waals surface area (Å²) in [5, 5.41) is 13.4. The Morgan fingerprint density at radius 1 is 1.15 bits per heavy atom. The predicted octanol–water partition coefficient (Wildman–Crippen LogP) is 1.05. The summed E-state index contributed by atoms with van der Waals surface area (Å²) >= 11 is 0. The number of nitrogens with zero attached hydrogens (tertiary/aromatic N) is 2. The number of piperazine rings is 1. The second kappa shape index (κ2) is 6.30. The van der Waals surface area contributed by atoms with E-state index in [0.717, 1.165) is 31.8 Å². The van der Waals surface area contributed by atoms with E-state index < -0.39 is 0 Å². The average molecular weight is 281 g/mol. The molecular weight excluding hydrogens is 250 g/mol. The Morgan fingerprint density at radius 2 is 2.00 bits per heavy atom. The molecule has 0 amide bonds. The molecule has 0 aromatic rings. The van der Waals surface area contributed by atoms with Gasteiger partial charge in [-0.1, -0.05) is 6.92 Å². The molecule has 2 saturated heterocycles. The lowest BCUT2D eigenvalue weighted by Gasteiger charge is -2.41. The van der Waals surface area contributed by atoms with Crippen LogP contribution in [0.3, 0.4) is 0 Å². The van der Waals surface area contributed by atoms with Crippen LogP contribution in [0.25, 0.3) is 0 Å². The Balaban J connectivity index is 1.56. The van der Waals surface area contributed by atoms with E-state index in [4.69, 9.17) is 0 Å². The topological polar surface area (TPSA) is 38.7 Å². The van der Waals surface area contributed by atoms with Gasteiger partial charge in [-0.3, -0.25) is 9.80 Å². The van der Waals surface area contributed by atoms with Crippen molar-refractivity contribution in [2.75, 3.05) is 39.3 Å². The molecule has 2 aliphatic heterocycles. The zero-order valence-corrected chi connectivity index (χ0v) is 13.0. The SMILES string of the molecule is CCCNC1(CO)CCC(N2CCN3CCCC3C2)C1. The third-order valence-corrected chi connectivity index (χ3v) is 5.77. The van der Waals surface area contributed by atoms with Crippen molar-refractivity contribution >= 4 is 0 Å². The minimum absolute atomic E-state index is 0.00743. The van der Waals surface area contributed by atoms with E-state index in [1.54, 1.807) is 0 Å². The normalized spacial score (nSPS) is 39.3. The molecule has 2 N–H and O–H groups in total. The average Bonchev–Trinajstić information content (AvgIpc) is 3.11. The summed E-state index contributed by atoms with van der Waals surface area (Å²) in [7, 11) is 0. The van der Waals surface area contributed by atoms with Crippen LogP contribution in [-0.4, -0.2) is 71.9 Å². The Bertz CT molecular complexity index is 325. The van der Waals surface area contributed by atoms with Crippen molar-refractivity contribution in [2.24, 2.45) is 0 Å². The molecule has 0 bridgehead atoms. The van der Waals surface area contributed by atoms with Gasteiger partial charge in [-0.05, 0) is 51.6 Å². The Morgan fingerprint density at radius 3 is 2.80 bits per heavy atom. The number of hydrogen-bond donors (Lipinski definition) is 2. The molecule has 0 aromatic carbocycles. The van der Waals surface area contributed by atoms with Crippen LogP contribution in [-0.2, 0) is 0 Å². The van der Waals surface area contributed by atoms with Gasteiger partial charge in [0.05, 0.1) is 6.61 Å². The van der Waals surface area contributed by atoms with Gasteiger partial charge in [-0.25, -0.2) is 0 Å². The Labute approximate surface area is 123 Å². The summed E-state index contributed by atoms with van der Waals surface area (Å²) in [4.78, 5) is 5.40. The molecule has 3 unspecified atom stereocenters. The van der Waals surface area contributed by atoms with Crippen LogP contribution in [0, 0.1) is 0 Å². The van der Waals surface area contributed by atoms with Crippen LogP contribution in [0.4, 0.5) is 0 Å². The van der Waals surface area contributed by atoms with Gasteiger partial charge in [0.2, 0.25) is 0 Å². The van der Waals surface area contributed by atoms with Crippen molar-refractivity contribution in [1.82, 2.24) is 15.1 Å². The van der Waals surface area contributed by atoms with Gasteiger partial charge in [0.25, 0.3) is 0 Å². The molecule has 4 nitrogen and oxygen atoms in total. The van der Waals surface area contributed by atoms with Crippen molar-refractivity contribution in [3.8, 4) is 0 Å². The number of aliphatic hydroxyl groups excluding tert-OH is 1. The monoisotopic (exact) mass is 281 g/mol. The van der Waals surface area contributed by atoms with Gasteiger partial charge >= 0.3 is 0 Å². The van der Waals surface area contributed by atoms with Crippen LogP contribution < -0.4 is 5.32 Å². The van der Waals surface area contributed by atoms with Crippen molar-refractivity contribution in [1.29, 1.82) is 0 Å². The predicted molar refractivity (Wildman–Crippen MR) is 81.9 cm³/mol. The minimum Gasteiger partial charge on any atom is -0.394 e. The Hall–Kier alpha value is -0.160. The summed E-state index contributed by atoms with van der Waals surface area (Å²) in [5.74, 6) is 0. The maximum atomic E-state index is 9.82. The number of fused-ring (bicyclic) bond motifs is 1. The molecule has 3 aliphatic rings. The van der Waals surface area contributed by atoms with Gasteiger partial charge in [0, 0.05) is 37.3 Å². The smallest absolute Gasteiger partial charge is 0.0613 e. The largest absolute Gasteiger partial charge is 0.394 e. The van der Waals surface area contributed by atoms with Gasteiger partial charge in [0.1, 0.15) is 0 Å². The fraction of sp³-hybridized carbons (Fsp3) is 1.00. The molecule has 0 radical (unpaired) electrons. The van der Waals surface area contributed by atoms with Crippen LogP contribution in [0.2, 0.25) is 0 Å². The molecule has 4 heteroatoms. The number of hydrogen-bond acceptors (Lipinski definition) is 4. The summed E-state index contributed by atoms with van der Waals surface area (Å²) in [6, 6.07) is 1.51. The highest BCUT2D eigenvalue weighted by molar-refractivity contribution is 5.01. The van der Waals surface area contributed by atoms with Crippen LogP contribution in [0.15, 0.2) is 0 Å². The van der Waals surface area contributed by atoms with Crippen LogP contribution >= 0.6 is 0 Å². The third kappa shape index (κ3) is 2.89. The molecule has 0 spiro atoms. The molecule has 20 heavy (non-hydrogen) atoms. The van der Waals surface area contributed by atoms with Gasteiger partial charge < -0.3 is 10.4 Å². The molecule has 1 saturated carbocycles. The quantitative estimate of drug-likeness (QED) is 0.790. The molecule has 1 aliphatic carbocycles. The van der Waals surface area contributed by atoms with E-state index >= 15 is 0 Å². The zero-order valence-electron chi connectivity index (χ0n) is 13.0. The summed E-state index contributed by atoms with van der Waals surface area (Å²) in [6.45, 7) is 8.61. The molecule has 3 rings (SSSR count). The standard InChI is InChI=1S/C16H31N3O/c1-2-7-17-16(13-20)6-5-14(11-16)19-10-9-18-8-3-4-15(18)12-19/h14-15,17,20H,2-13H2,1H3. The first-order chi connectivity index (χ1) is 9.76. The molecule has 2 heterocycles. The lowest BCUT2D eigenvalue weighted by molar-refractivity contribution is 0.0667. The van der Waals surface area contributed by atoms with Gasteiger partial charge in [-0.2, -0.15) is 0 Å². The van der Waals surface area contributed by atoms with Crippen LogP contribution in [0.1, 0.15) is 45.4 Å². The number of rotatable bonds is 5. The van der Waals surface area contributed by atoms with Crippen molar-refractivity contribution in [3.63, 3.8) is 0 Å². The number of aliphatic hydroxyl groups is 1. The van der Waals surface area contributed by atoms with Crippen molar-refractivity contribution in [2.45, 2.75) is 63.1 Å². The maximum Gasteiger partial charge on any atom is 0.0613 e. The fourth-order valence-corrected chi connectivity index (χ4v) is 4.51. The van der Waals surface area contributed by atoms with E-state index in [1.807, 2.05) is 0 Å². The van der Waals surface area contributed by atoms with Gasteiger partial charge in [-0.15, -0.1) is 0 Å². The molecular formula is C16H31N3O. The first-order valence-corrected chi connectivity index (χ1v) is 8.60. The first-order valence-electron chi connectivity index (χ1n) is 8.60. The van der Waals surface area contributed by atoms with E-state index in [2.05, 4.69) is 22.0 Å². The molecule has 3 atom stereocenters. The summed E-state index contributed by atoms with van der Waals surface area (Å²) < 4.78 is 0. The molecule has 0 aromatic heterocycles. The first kappa shape index (κ1) is 14.8. The number of nitrogens with one attached hydrogen (secondary N) is 1. The maximum absolute atomic E-state index is 9.82. The summed E-state index contributed by atoms with van der Waals surface area (Å²) in [5.41, 5.74) is 0.00743. The summed E-state index contributed by atoms with van der Waals surface area (Å²) in [6.07, 6.45) is 7.46. The van der Waals surface area contributed by atoms with Crippen molar-refractivity contribution < 1.29 is 5.11 Å². The lowest BCUT2D eigenvalue weighted by atomic mass is 9.97. The van der Waals surface area contributed by atoms with E-state index in [-0.39, 0.29) is 5.54 Å². The molecule has 116 valence electrons. The highest BCUT2D eigenvalue weighted by Gasteiger charge is 2.42. The zero-order chi connectivity index (χ0) is 14.0. The second-order valence-corrected chi connectivity index (χ2v) is 7.09. The lowest BCUT2D eigenvalue weighted by Crippen LogP contribution is -2.54. The van der Waals surface area contributed by atoms with E-state index in [1.165, 1.54) is 45.4 Å².